The van der Waals surface area contributed by atoms with Gasteiger partial charge in [0.05, 0.1) is 10.2 Å². The summed E-state index contributed by atoms with van der Waals surface area (Å²) in [6.45, 7) is 0. The van der Waals surface area contributed by atoms with Gasteiger partial charge in [-0.2, -0.15) is 0 Å². The third-order valence-corrected chi connectivity index (χ3v) is 5.06. The standard InChI is InChI=1S/C15H16Br2N4/c1-18-15-12(17)13(9-4-2-3-5-9)20-14(21-15)11-7-6-10(16)8-19-11/h6-9H,2-5H2,1H3,(H,18,20,21). The van der Waals surface area contributed by atoms with Crippen LogP contribution in [-0.4, -0.2) is 22.0 Å². The molecule has 21 heavy (non-hydrogen) atoms. The fourth-order valence-electron chi connectivity index (χ4n) is 2.72. The average Bonchev–Trinajstić information content (AvgIpc) is 3.02. The summed E-state index contributed by atoms with van der Waals surface area (Å²) in [7, 11) is 1.88. The van der Waals surface area contributed by atoms with E-state index in [1.165, 1.54) is 25.7 Å². The third-order valence-electron chi connectivity index (χ3n) is 3.81. The molecule has 6 heteroatoms. The molecule has 0 aliphatic heterocycles. The zero-order valence-corrected chi connectivity index (χ0v) is 14.9. The van der Waals surface area contributed by atoms with E-state index in [-0.39, 0.29) is 0 Å². The molecule has 2 aromatic rings. The molecule has 1 N–H and O–H groups in total. The molecule has 0 unspecified atom stereocenters. The summed E-state index contributed by atoms with van der Waals surface area (Å²) in [6.07, 6.45) is 6.73. The first-order chi connectivity index (χ1) is 10.2. The summed E-state index contributed by atoms with van der Waals surface area (Å²) in [5.41, 5.74) is 1.90. The Hall–Kier alpha value is -1.01. The monoisotopic (exact) mass is 410 g/mol. The van der Waals surface area contributed by atoms with Crippen LogP contribution < -0.4 is 5.32 Å². The van der Waals surface area contributed by atoms with Crippen LogP contribution in [0.5, 0.6) is 0 Å². The van der Waals surface area contributed by atoms with Gasteiger partial charge in [-0.3, -0.25) is 4.98 Å². The Morgan fingerprint density at radius 1 is 1.14 bits per heavy atom. The van der Waals surface area contributed by atoms with Crippen LogP contribution in [0.4, 0.5) is 5.82 Å². The van der Waals surface area contributed by atoms with Gasteiger partial charge in [0, 0.05) is 23.6 Å². The number of anilines is 1. The first-order valence-electron chi connectivity index (χ1n) is 7.06. The summed E-state index contributed by atoms with van der Waals surface area (Å²) in [5.74, 6) is 2.02. The first kappa shape index (κ1) is 14.9. The third kappa shape index (κ3) is 3.11. The molecule has 3 rings (SSSR count). The smallest absolute Gasteiger partial charge is 0.180 e. The maximum absolute atomic E-state index is 4.79. The van der Waals surface area contributed by atoms with Crippen molar-refractivity contribution in [1.29, 1.82) is 0 Å². The summed E-state index contributed by atoms with van der Waals surface area (Å²) < 4.78 is 1.94. The van der Waals surface area contributed by atoms with Crippen molar-refractivity contribution >= 4 is 37.7 Å². The van der Waals surface area contributed by atoms with Crippen molar-refractivity contribution in [2.75, 3.05) is 12.4 Å². The van der Waals surface area contributed by atoms with Crippen LogP contribution in [0.25, 0.3) is 11.5 Å². The van der Waals surface area contributed by atoms with Crippen molar-refractivity contribution < 1.29 is 0 Å². The quantitative estimate of drug-likeness (QED) is 0.790. The highest BCUT2D eigenvalue weighted by molar-refractivity contribution is 9.11. The highest BCUT2D eigenvalue weighted by Crippen LogP contribution is 2.39. The van der Waals surface area contributed by atoms with Gasteiger partial charge in [0.15, 0.2) is 5.82 Å². The molecule has 2 heterocycles. The molecule has 2 aromatic heterocycles. The predicted molar refractivity (Wildman–Crippen MR) is 91.4 cm³/mol. The summed E-state index contributed by atoms with van der Waals surface area (Å²) in [5, 5.41) is 3.15. The Morgan fingerprint density at radius 2 is 1.90 bits per heavy atom. The molecule has 0 amide bonds. The molecule has 1 saturated carbocycles. The van der Waals surface area contributed by atoms with E-state index in [0.29, 0.717) is 11.7 Å². The van der Waals surface area contributed by atoms with Gasteiger partial charge in [-0.25, -0.2) is 9.97 Å². The lowest BCUT2D eigenvalue weighted by molar-refractivity contribution is 0.691. The summed E-state index contributed by atoms with van der Waals surface area (Å²) >= 11 is 7.06. The van der Waals surface area contributed by atoms with Crippen LogP contribution in [0, 0.1) is 0 Å². The SMILES string of the molecule is CNc1nc(-c2ccc(Br)cn2)nc(C2CCCC2)c1Br. The van der Waals surface area contributed by atoms with E-state index in [9.17, 15) is 0 Å². The minimum Gasteiger partial charge on any atom is -0.372 e. The van der Waals surface area contributed by atoms with Crippen molar-refractivity contribution in [1.82, 2.24) is 15.0 Å². The Balaban J connectivity index is 2.08. The predicted octanol–water partition coefficient (Wildman–Crippen LogP) is 4.76. The number of rotatable bonds is 3. The Bertz CT molecular complexity index is 637. The van der Waals surface area contributed by atoms with Gasteiger partial charge in [0.1, 0.15) is 11.5 Å². The lowest BCUT2D eigenvalue weighted by Crippen LogP contribution is -2.06. The number of aromatic nitrogens is 3. The summed E-state index contributed by atoms with van der Waals surface area (Å²) in [6, 6.07) is 3.90. The molecule has 0 aromatic carbocycles. The zero-order chi connectivity index (χ0) is 14.8. The van der Waals surface area contributed by atoms with E-state index in [1.54, 1.807) is 6.20 Å². The summed E-state index contributed by atoms with van der Waals surface area (Å²) in [4.78, 5) is 13.8. The fourth-order valence-corrected chi connectivity index (χ4v) is 3.66. The Kier molecular flexibility index (Phi) is 4.54. The van der Waals surface area contributed by atoms with Crippen molar-refractivity contribution in [3.63, 3.8) is 0 Å². The number of halogens is 2. The van der Waals surface area contributed by atoms with Gasteiger partial charge < -0.3 is 5.32 Å². The van der Waals surface area contributed by atoms with E-state index in [2.05, 4.69) is 47.1 Å². The van der Waals surface area contributed by atoms with Crippen LogP contribution in [0.2, 0.25) is 0 Å². The van der Waals surface area contributed by atoms with Crippen LogP contribution in [-0.2, 0) is 0 Å². The number of pyridine rings is 1. The van der Waals surface area contributed by atoms with E-state index in [4.69, 9.17) is 4.98 Å². The maximum atomic E-state index is 4.79. The van der Waals surface area contributed by atoms with Crippen LogP contribution in [0.3, 0.4) is 0 Å². The Labute approximate surface area is 141 Å². The Morgan fingerprint density at radius 3 is 2.52 bits per heavy atom. The first-order valence-corrected chi connectivity index (χ1v) is 8.64. The molecule has 1 aliphatic carbocycles. The second-order valence-corrected chi connectivity index (χ2v) is 6.90. The number of hydrogen-bond acceptors (Lipinski definition) is 4. The van der Waals surface area contributed by atoms with Crippen molar-refractivity contribution in [3.05, 3.63) is 33.0 Å². The van der Waals surface area contributed by atoms with E-state index in [1.807, 2.05) is 19.2 Å². The number of nitrogens with one attached hydrogen (secondary N) is 1. The number of nitrogens with zero attached hydrogens (tertiary/aromatic N) is 3. The molecule has 0 spiro atoms. The molecule has 4 nitrogen and oxygen atoms in total. The second-order valence-electron chi connectivity index (χ2n) is 5.19. The lowest BCUT2D eigenvalue weighted by atomic mass is 10.0. The van der Waals surface area contributed by atoms with E-state index < -0.39 is 0 Å². The maximum Gasteiger partial charge on any atom is 0.180 e. The average molecular weight is 412 g/mol. The fraction of sp³-hybridized carbons (Fsp3) is 0.400. The molecule has 0 atom stereocenters. The minimum absolute atomic E-state index is 0.517. The van der Waals surface area contributed by atoms with Gasteiger partial charge in [-0.1, -0.05) is 12.8 Å². The van der Waals surface area contributed by atoms with Gasteiger partial charge in [-0.05, 0) is 56.8 Å². The number of hydrogen-bond donors (Lipinski definition) is 1. The molecule has 110 valence electrons. The molecule has 0 radical (unpaired) electrons. The van der Waals surface area contributed by atoms with E-state index >= 15 is 0 Å². The highest BCUT2D eigenvalue weighted by atomic mass is 79.9. The highest BCUT2D eigenvalue weighted by Gasteiger charge is 2.24. The van der Waals surface area contributed by atoms with E-state index in [0.717, 1.165) is 26.2 Å². The molecular weight excluding hydrogens is 396 g/mol. The van der Waals surface area contributed by atoms with Gasteiger partial charge in [0.25, 0.3) is 0 Å². The van der Waals surface area contributed by atoms with Crippen molar-refractivity contribution in [2.24, 2.45) is 0 Å². The van der Waals surface area contributed by atoms with Gasteiger partial charge in [-0.15, -0.1) is 0 Å². The molecule has 1 aliphatic rings. The molecular formula is C15H16Br2N4. The van der Waals surface area contributed by atoms with Crippen LogP contribution in [0.15, 0.2) is 27.3 Å². The topological polar surface area (TPSA) is 50.7 Å². The molecule has 0 bridgehead atoms. The minimum atomic E-state index is 0.517. The lowest BCUT2D eigenvalue weighted by Gasteiger charge is -2.15. The second kappa shape index (κ2) is 6.40. The van der Waals surface area contributed by atoms with Crippen LogP contribution in [0.1, 0.15) is 37.3 Å². The van der Waals surface area contributed by atoms with Gasteiger partial charge in [0.2, 0.25) is 0 Å². The van der Waals surface area contributed by atoms with Crippen LogP contribution >= 0.6 is 31.9 Å². The molecule has 0 saturated heterocycles. The largest absolute Gasteiger partial charge is 0.372 e. The van der Waals surface area contributed by atoms with Crippen molar-refractivity contribution in [3.8, 4) is 11.5 Å². The van der Waals surface area contributed by atoms with Gasteiger partial charge >= 0.3 is 0 Å². The zero-order valence-electron chi connectivity index (χ0n) is 11.7. The van der Waals surface area contributed by atoms with Crippen molar-refractivity contribution in [2.45, 2.75) is 31.6 Å². The molecule has 1 fully saturated rings. The normalized spacial score (nSPS) is 15.4.